The van der Waals surface area contributed by atoms with E-state index in [0.717, 1.165) is 5.02 Å². The van der Waals surface area contributed by atoms with Gasteiger partial charge in [-0.25, -0.2) is 0 Å². The van der Waals surface area contributed by atoms with Gasteiger partial charge < -0.3 is 4.57 Å². The summed E-state index contributed by atoms with van der Waals surface area (Å²) in [6, 6.07) is 21.9. The van der Waals surface area contributed by atoms with Gasteiger partial charge in [0.25, 0.3) is 0 Å². The van der Waals surface area contributed by atoms with E-state index in [1.165, 1.54) is 51.5 Å². The molecule has 0 saturated carbocycles. The molecule has 1 aliphatic carbocycles. The number of hydrogen-bond acceptors (Lipinski definition) is 0. The molecule has 4 aromatic rings. The van der Waals surface area contributed by atoms with Crippen molar-refractivity contribution in [3.8, 4) is 5.69 Å². The average Bonchev–Trinajstić information content (AvgIpc) is 2.99. The maximum atomic E-state index is 6.33. The van der Waals surface area contributed by atoms with Crippen molar-refractivity contribution in [3.05, 3.63) is 76.8 Å². The zero-order valence-electron chi connectivity index (χ0n) is 17.0. The van der Waals surface area contributed by atoms with Crippen LogP contribution in [0.25, 0.3) is 27.5 Å². The lowest BCUT2D eigenvalue weighted by molar-refractivity contribution is 0.332. The van der Waals surface area contributed by atoms with Crippen LogP contribution in [0, 0.1) is 0 Å². The average molecular weight is 388 g/mol. The summed E-state index contributed by atoms with van der Waals surface area (Å²) in [4.78, 5) is 0. The maximum absolute atomic E-state index is 6.33. The predicted octanol–water partition coefficient (Wildman–Crippen LogP) is 7.79. The SMILES string of the molecule is CC1(C)CCC(C)(C)c2cc(-n3c4ccccc4c4cc(Cl)ccc43)ccc21. The Kier molecular flexibility index (Phi) is 3.74. The molecule has 5 rings (SSSR count). The van der Waals surface area contributed by atoms with E-state index < -0.39 is 0 Å². The lowest BCUT2D eigenvalue weighted by atomic mass is 9.63. The van der Waals surface area contributed by atoms with Crippen LogP contribution in [-0.2, 0) is 10.8 Å². The Hall–Kier alpha value is -2.25. The molecule has 3 aromatic carbocycles. The van der Waals surface area contributed by atoms with E-state index in [2.05, 4.69) is 86.9 Å². The number of benzene rings is 3. The molecule has 0 N–H and O–H groups in total. The van der Waals surface area contributed by atoms with Crippen LogP contribution in [0.1, 0.15) is 51.7 Å². The molecule has 1 heterocycles. The molecule has 28 heavy (non-hydrogen) atoms. The van der Waals surface area contributed by atoms with E-state index in [0.29, 0.717) is 0 Å². The van der Waals surface area contributed by atoms with Crippen molar-refractivity contribution >= 4 is 33.4 Å². The van der Waals surface area contributed by atoms with Crippen molar-refractivity contribution in [2.75, 3.05) is 0 Å². The van der Waals surface area contributed by atoms with Gasteiger partial charge in [-0.2, -0.15) is 0 Å². The Morgan fingerprint density at radius 2 is 1.39 bits per heavy atom. The van der Waals surface area contributed by atoms with Gasteiger partial charge in [0.05, 0.1) is 11.0 Å². The summed E-state index contributed by atoms with van der Waals surface area (Å²) < 4.78 is 2.39. The van der Waals surface area contributed by atoms with Crippen LogP contribution in [-0.4, -0.2) is 4.57 Å². The number of aromatic nitrogens is 1. The van der Waals surface area contributed by atoms with Crippen molar-refractivity contribution in [2.24, 2.45) is 0 Å². The summed E-state index contributed by atoms with van der Waals surface area (Å²) in [7, 11) is 0. The van der Waals surface area contributed by atoms with Crippen molar-refractivity contribution in [1.29, 1.82) is 0 Å². The lowest BCUT2D eigenvalue weighted by Crippen LogP contribution is -2.33. The highest BCUT2D eigenvalue weighted by Gasteiger charge is 2.37. The summed E-state index contributed by atoms with van der Waals surface area (Å²) in [5, 5.41) is 3.24. The second kappa shape index (κ2) is 5.87. The Morgan fingerprint density at radius 1 is 0.714 bits per heavy atom. The summed E-state index contributed by atoms with van der Waals surface area (Å²) in [6.45, 7) is 9.53. The number of halogens is 1. The van der Waals surface area contributed by atoms with Crippen molar-refractivity contribution in [1.82, 2.24) is 4.57 Å². The van der Waals surface area contributed by atoms with Gasteiger partial charge in [0.2, 0.25) is 0 Å². The van der Waals surface area contributed by atoms with Crippen molar-refractivity contribution in [2.45, 2.75) is 51.4 Å². The smallest absolute Gasteiger partial charge is 0.0542 e. The molecule has 2 heteroatoms. The summed E-state index contributed by atoms with van der Waals surface area (Å²) in [6.07, 6.45) is 2.46. The lowest BCUT2D eigenvalue weighted by Gasteiger charge is -2.42. The van der Waals surface area contributed by atoms with Gasteiger partial charge in [0, 0.05) is 21.5 Å². The zero-order chi connectivity index (χ0) is 19.7. The molecule has 1 nitrogen and oxygen atoms in total. The first-order valence-corrected chi connectivity index (χ1v) is 10.5. The fourth-order valence-electron chi connectivity index (χ4n) is 4.94. The standard InChI is InChI=1S/C26H26ClN/c1-25(2)13-14-26(3,4)22-16-18(10-11-21(22)25)28-23-8-6-5-7-19(23)20-15-17(27)9-12-24(20)28/h5-12,15-16H,13-14H2,1-4H3. The minimum atomic E-state index is 0.197. The summed E-state index contributed by atoms with van der Waals surface area (Å²) in [5.41, 5.74) is 7.09. The van der Waals surface area contributed by atoms with Gasteiger partial charge in [-0.15, -0.1) is 0 Å². The molecule has 0 amide bonds. The number of nitrogens with zero attached hydrogens (tertiary/aromatic N) is 1. The summed E-state index contributed by atoms with van der Waals surface area (Å²) in [5.74, 6) is 0. The van der Waals surface area contributed by atoms with E-state index in [-0.39, 0.29) is 10.8 Å². The van der Waals surface area contributed by atoms with Crippen LogP contribution in [0.3, 0.4) is 0 Å². The molecule has 0 atom stereocenters. The van der Waals surface area contributed by atoms with Crippen LogP contribution in [0.5, 0.6) is 0 Å². The van der Waals surface area contributed by atoms with E-state index in [4.69, 9.17) is 11.6 Å². The Morgan fingerprint density at radius 3 is 2.18 bits per heavy atom. The molecule has 0 aliphatic heterocycles. The molecule has 142 valence electrons. The van der Waals surface area contributed by atoms with Gasteiger partial charge >= 0.3 is 0 Å². The molecular weight excluding hydrogens is 362 g/mol. The van der Waals surface area contributed by atoms with E-state index >= 15 is 0 Å². The van der Waals surface area contributed by atoms with Gasteiger partial charge in [-0.3, -0.25) is 0 Å². The van der Waals surface area contributed by atoms with Crippen LogP contribution >= 0.6 is 11.6 Å². The van der Waals surface area contributed by atoms with Crippen LogP contribution < -0.4 is 0 Å². The van der Waals surface area contributed by atoms with E-state index in [9.17, 15) is 0 Å². The van der Waals surface area contributed by atoms with Gasteiger partial charge in [0.1, 0.15) is 0 Å². The minimum Gasteiger partial charge on any atom is -0.309 e. The largest absolute Gasteiger partial charge is 0.309 e. The predicted molar refractivity (Wildman–Crippen MR) is 121 cm³/mol. The van der Waals surface area contributed by atoms with Gasteiger partial charge in [0.15, 0.2) is 0 Å². The number of rotatable bonds is 1. The van der Waals surface area contributed by atoms with Crippen LogP contribution in [0.15, 0.2) is 60.7 Å². The third-order valence-corrected chi connectivity index (χ3v) is 6.96. The normalized spacial score (nSPS) is 17.8. The van der Waals surface area contributed by atoms with Crippen LogP contribution in [0.2, 0.25) is 5.02 Å². The fraction of sp³-hybridized carbons (Fsp3) is 0.308. The molecule has 1 aliphatic rings. The molecule has 1 aromatic heterocycles. The van der Waals surface area contributed by atoms with Crippen LogP contribution in [0.4, 0.5) is 0 Å². The zero-order valence-corrected chi connectivity index (χ0v) is 17.8. The van der Waals surface area contributed by atoms with Gasteiger partial charge in [-0.05, 0) is 71.2 Å². The first-order chi connectivity index (χ1) is 13.3. The van der Waals surface area contributed by atoms with E-state index in [1.807, 2.05) is 6.07 Å². The maximum Gasteiger partial charge on any atom is 0.0542 e. The third kappa shape index (κ3) is 2.53. The highest BCUT2D eigenvalue weighted by Crippen LogP contribution is 2.46. The highest BCUT2D eigenvalue weighted by molar-refractivity contribution is 6.32. The minimum absolute atomic E-state index is 0.197. The molecule has 0 radical (unpaired) electrons. The Balaban J connectivity index is 1.84. The molecule has 0 fully saturated rings. The van der Waals surface area contributed by atoms with Crippen molar-refractivity contribution < 1.29 is 0 Å². The fourth-order valence-corrected chi connectivity index (χ4v) is 5.11. The molecule has 0 spiro atoms. The van der Waals surface area contributed by atoms with Gasteiger partial charge in [-0.1, -0.05) is 63.6 Å². The van der Waals surface area contributed by atoms with E-state index in [1.54, 1.807) is 0 Å². The van der Waals surface area contributed by atoms with Crippen molar-refractivity contribution in [3.63, 3.8) is 0 Å². The Labute approximate surface area is 171 Å². The summed E-state index contributed by atoms with van der Waals surface area (Å²) >= 11 is 6.33. The highest BCUT2D eigenvalue weighted by atomic mass is 35.5. The molecular formula is C26H26ClN. The second-order valence-electron chi connectivity index (χ2n) is 9.51. The third-order valence-electron chi connectivity index (χ3n) is 6.73. The molecule has 0 saturated heterocycles. The topological polar surface area (TPSA) is 4.93 Å². The number of fused-ring (bicyclic) bond motifs is 4. The molecule has 0 bridgehead atoms. The molecule has 0 unspecified atom stereocenters. The quantitative estimate of drug-likeness (QED) is 0.314. The first kappa shape index (κ1) is 17.8. The second-order valence-corrected chi connectivity index (χ2v) is 9.95. The number of para-hydroxylation sites is 1. The monoisotopic (exact) mass is 387 g/mol. The first-order valence-electron chi connectivity index (χ1n) is 10.1. The number of hydrogen-bond donors (Lipinski definition) is 0. The Bertz CT molecular complexity index is 1230.